The maximum Gasteiger partial charge on any atom is 0.256 e. The van der Waals surface area contributed by atoms with E-state index in [1.807, 2.05) is 6.92 Å². The van der Waals surface area contributed by atoms with E-state index in [9.17, 15) is 9.18 Å². The van der Waals surface area contributed by atoms with Crippen LogP contribution in [-0.4, -0.2) is 47.6 Å². The molecular weight excluding hydrogens is 237 g/mol. The zero-order chi connectivity index (χ0) is 13.5. The van der Waals surface area contributed by atoms with Crippen molar-refractivity contribution in [2.45, 2.75) is 13.3 Å². The Bertz CT molecular complexity index is 412. The highest BCUT2D eigenvalue weighted by Gasteiger charge is 2.18. The second-order valence-corrected chi connectivity index (χ2v) is 3.90. The van der Waals surface area contributed by atoms with E-state index < -0.39 is 11.7 Å². The van der Waals surface area contributed by atoms with Gasteiger partial charge in [0.05, 0.1) is 12.2 Å². The van der Waals surface area contributed by atoms with Crippen molar-refractivity contribution >= 4 is 11.7 Å². The molecule has 1 aromatic rings. The van der Waals surface area contributed by atoms with Crippen molar-refractivity contribution in [2.75, 3.05) is 32.1 Å². The number of nitrogens with one attached hydrogen (secondary N) is 1. The number of likely N-dealkylation sites (N-methyl/N-ethyl adjacent to an activating group) is 1. The molecule has 0 saturated heterocycles. The van der Waals surface area contributed by atoms with E-state index in [0.29, 0.717) is 6.54 Å². The SMILES string of the molecule is CCCNc1nccc(C(=O)N(C)CCO)c1F. The molecule has 0 spiro atoms. The van der Waals surface area contributed by atoms with Gasteiger partial charge in [0.2, 0.25) is 0 Å². The lowest BCUT2D eigenvalue weighted by Crippen LogP contribution is -2.30. The summed E-state index contributed by atoms with van der Waals surface area (Å²) >= 11 is 0. The summed E-state index contributed by atoms with van der Waals surface area (Å²) in [6.45, 7) is 2.55. The highest BCUT2D eigenvalue weighted by atomic mass is 19.1. The predicted molar refractivity (Wildman–Crippen MR) is 67.0 cm³/mol. The van der Waals surface area contributed by atoms with Crippen LogP contribution in [0.3, 0.4) is 0 Å². The molecule has 0 aliphatic rings. The number of pyridine rings is 1. The number of aliphatic hydroxyl groups is 1. The molecular formula is C12H18FN3O2. The summed E-state index contributed by atoms with van der Waals surface area (Å²) in [5.74, 6) is -1.04. The van der Waals surface area contributed by atoms with Crippen LogP contribution >= 0.6 is 0 Å². The fourth-order valence-electron chi connectivity index (χ4n) is 1.43. The summed E-state index contributed by atoms with van der Waals surface area (Å²) in [7, 11) is 1.51. The van der Waals surface area contributed by atoms with Crippen molar-refractivity contribution in [3.05, 3.63) is 23.6 Å². The topological polar surface area (TPSA) is 65.5 Å². The third-order valence-electron chi connectivity index (χ3n) is 2.44. The number of hydrogen-bond acceptors (Lipinski definition) is 4. The standard InChI is InChI=1S/C12H18FN3O2/c1-3-5-14-11-10(13)9(4-6-15-11)12(18)16(2)7-8-17/h4,6,17H,3,5,7-8H2,1-2H3,(H,14,15). The number of halogens is 1. The van der Waals surface area contributed by atoms with Crippen LogP contribution in [0, 0.1) is 5.82 Å². The maximum atomic E-state index is 14.0. The fraction of sp³-hybridized carbons (Fsp3) is 0.500. The van der Waals surface area contributed by atoms with Crippen molar-refractivity contribution in [1.82, 2.24) is 9.88 Å². The number of aliphatic hydroxyl groups excluding tert-OH is 1. The van der Waals surface area contributed by atoms with Gasteiger partial charge >= 0.3 is 0 Å². The first-order chi connectivity index (χ1) is 8.61. The van der Waals surface area contributed by atoms with Gasteiger partial charge in [-0.1, -0.05) is 6.92 Å². The van der Waals surface area contributed by atoms with Crippen LogP contribution in [-0.2, 0) is 0 Å². The fourth-order valence-corrected chi connectivity index (χ4v) is 1.43. The lowest BCUT2D eigenvalue weighted by atomic mass is 10.2. The number of aromatic nitrogens is 1. The molecule has 0 saturated carbocycles. The van der Waals surface area contributed by atoms with Crippen LogP contribution in [0.4, 0.5) is 10.2 Å². The molecule has 0 atom stereocenters. The van der Waals surface area contributed by atoms with Gasteiger partial charge in [0, 0.05) is 26.3 Å². The van der Waals surface area contributed by atoms with Crippen molar-refractivity contribution < 1.29 is 14.3 Å². The van der Waals surface area contributed by atoms with Gasteiger partial charge in [0.1, 0.15) is 0 Å². The van der Waals surface area contributed by atoms with E-state index in [2.05, 4.69) is 10.3 Å². The van der Waals surface area contributed by atoms with Crippen molar-refractivity contribution in [1.29, 1.82) is 0 Å². The molecule has 1 amide bonds. The van der Waals surface area contributed by atoms with Crippen LogP contribution in [0.5, 0.6) is 0 Å². The second-order valence-electron chi connectivity index (χ2n) is 3.90. The monoisotopic (exact) mass is 255 g/mol. The molecule has 0 aliphatic carbocycles. The first-order valence-corrected chi connectivity index (χ1v) is 5.86. The summed E-state index contributed by atoms with van der Waals surface area (Å²) in [5.41, 5.74) is -0.0421. The quantitative estimate of drug-likeness (QED) is 0.799. The van der Waals surface area contributed by atoms with Gasteiger partial charge < -0.3 is 15.3 Å². The molecule has 0 bridgehead atoms. The minimum absolute atomic E-state index is 0.0421. The number of nitrogens with zero attached hydrogens (tertiary/aromatic N) is 2. The Kier molecular flexibility index (Phi) is 5.51. The number of rotatable bonds is 6. The summed E-state index contributed by atoms with van der Waals surface area (Å²) in [4.78, 5) is 17.0. The normalized spacial score (nSPS) is 10.2. The number of carbonyl (C=O) groups is 1. The minimum Gasteiger partial charge on any atom is -0.395 e. The average Bonchev–Trinajstić information content (AvgIpc) is 2.37. The van der Waals surface area contributed by atoms with Gasteiger partial charge in [-0.05, 0) is 12.5 Å². The van der Waals surface area contributed by atoms with Crippen LogP contribution in [0.2, 0.25) is 0 Å². The maximum absolute atomic E-state index is 14.0. The molecule has 1 rings (SSSR count). The van der Waals surface area contributed by atoms with Crippen molar-refractivity contribution in [3.8, 4) is 0 Å². The Labute approximate surface area is 106 Å². The van der Waals surface area contributed by atoms with Gasteiger partial charge in [-0.2, -0.15) is 0 Å². The summed E-state index contributed by atoms with van der Waals surface area (Å²) < 4.78 is 14.0. The van der Waals surface area contributed by atoms with Gasteiger partial charge in [0.15, 0.2) is 11.6 Å². The highest BCUT2D eigenvalue weighted by Crippen LogP contribution is 2.16. The molecule has 0 fully saturated rings. The summed E-state index contributed by atoms with van der Waals surface area (Å²) in [5, 5.41) is 11.6. The van der Waals surface area contributed by atoms with E-state index in [1.54, 1.807) is 0 Å². The average molecular weight is 255 g/mol. The van der Waals surface area contributed by atoms with E-state index in [0.717, 1.165) is 6.42 Å². The number of amides is 1. The first kappa shape index (κ1) is 14.4. The molecule has 1 aromatic heterocycles. The third-order valence-corrected chi connectivity index (χ3v) is 2.44. The lowest BCUT2D eigenvalue weighted by Gasteiger charge is -2.16. The minimum atomic E-state index is -0.652. The lowest BCUT2D eigenvalue weighted by molar-refractivity contribution is 0.0762. The van der Waals surface area contributed by atoms with E-state index in [-0.39, 0.29) is 24.5 Å². The molecule has 18 heavy (non-hydrogen) atoms. The third kappa shape index (κ3) is 3.40. The molecule has 0 aromatic carbocycles. The molecule has 5 nitrogen and oxygen atoms in total. The molecule has 0 unspecified atom stereocenters. The number of hydrogen-bond donors (Lipinski definition) is 2. The summed E-state index contributed by atoms with van der Waals surface area (Å²) in [6, 6.07) is 1.34. The van der Waals surface area contributed by atoms with Crippen LogP contribution in [0.1, 0.15) is 23.7 Å². The van der Waals surface area contributed by atoms with Gasteiger partial charge in [-0.15, -0.1) is 0 Å². The molecule has 0 radical (unpaired) electrons. The summed E-state index contributed by atoms with van der Waals surface area (Å²) in [6.07, 6.45) is 2.23. The van der Waals surface area contributed by atoms with Crippen molar-refractivity contribution in [3.63, 3.8) is 0 Å². The number of carbonyl (C=O) groups excluding carboxylic acids is 1. The van der Waals surface area contributed by atoms with Gasteiger partial charge in [0.25, 0.3) is 5.91 Å². The molecule has 2 N–H and O–H groups in total. The smallest absolute Gasteiger partial charge is 0.256 e. The highest BCUT2D eigenvalue weighted by molar-refractivity contribution is 5.95. The van der Waals surface area contributed by atoms with Crippen molar-refractivity contribution in [2.24, 2.45) is 0 Å². The van der Waals surface area contributed by atoms with Crippen LogP contribution in [0.25, 0.3) is 0 Å². The number of anilines is 1. The first-order valence-electron chi connectivity index (χ1n) is 5.86. The van der Waals surface area contributed by atoms with E-state index in [4.69, 9.17) is 5.11 Å². The van der Waals surface area contributed by atoms with E-state index in [1.165, 1.54) is 24.2 Å². The Morgan fingerprint density at radius 2 is 2.33 bits per heavy atom. The van der Waals surface area contributed by atoms with Gasteiger partial charge in [-0.25, -0.2) is 9.37 Å². The predicted octanol–water partition coefficient (Wildman–Crippen LogP) is 1.11. The molecule has 6 heteroatoms. The Hall–Kier alpha value is -1.69. The zero-order valence-corrected chi connectivity index (χ0v) is 10.6. The van der Waals surface area contributed by atoms with Gasteiger partial charge in [-0.3, -0.25) is 4.79 Å². The van der Waals surface area contributed by atoms with Crippen LogP contribution in [0.15, 0.2) is 12.3 Å². The molecule has 1 heterocycles. The Morgan fingerprint density at radius 3 is 2.94 bits per heavy atom. The largest absolute Gasteiger partial charge is 0.395 e. The second kappa shape index (κ2) is 6.90. The van der Waals surface area contributed by atoms with E-state index >= 15 is 0 Å². The Morgan fingerprint density at radius 1 is 1.61 bits per heavy atom. The molecule has 100 valence electrons. The Balaban J connectivity index is 2.92. The zero-order valence-electron chi connectivity index (χ0n) is 10.6. The molecule has 0 aliphatic heterocycles. The van der Waals surface area contributed by atoms with Crippen LogP contribution < -0.4 is 5.32 Å².